The minimum atomic E-state index is 0.0544. The molecule has 0 saturated carbocycles. The summed E-state index contributed by atoms with van der Waals surface area (Å²) >= 11 is 0. The molecule has 0 unspecified atom stereocenters. The summed E-state index contributed by atoms with van der Waals surface area (Å²) in [6, 6.07) is 5.53. The van der Waals surface area contributed by atoms with Gasteiger partial charge >= 0.3 is 0 Å². The molecule has 0 bridgehead atoms. The van der Waals surface area contributed by atoms with Crippen molar-refractivity contribution in [1.82, 2.24) is 14.6 Å². The summed E-state index contributed by atoms with van der Waals surface area (Å²) in [6.45, 7) is 0.0544. The van der Waals surface area contributed by atoms with E-state index in [9.17, 15) is 0 Å². The maximum atomic E-state index is 8.84. The van der Waals surface area contributed by atoms with Gasteiger partial charge in [0.1, 0.15) is 5.82 Å². The lowest BCUT2D eigenvalue weighted by Crippen LogP contribution is -2.01. The van der Waals surface area contributed by atoms with Crippen LogP contribution in [0.4, 0.5) is 0 Å². The molecule has 74 valence electrons. The summed E-state index contributed by atoms with van der Waals surface area (Å²) in [4.78, 5) is 0. The Balaban J connectivity index is 2.62. The first-order valence-corrected chi connectivity index (χ1v) is 4.34. The second-order valence-corrected chi connectivity index (χ2v) is 2.85. The molecular weight excluding hydrogens is 182 g/mol. The molecule has 0 aliphatic rings. The van der Waals surface area contributed by atoms with E-state index in [1.807, 2.05) is 18.2 Å². The highest BCUT2D eigenvalue weighted by atomic mass is 16.5. The second-order valence-electron chi connectivity index (χ2n) is 2.85. The first kappa shape index (κ1) is 8.96. The molecule has 0 fully saturated rings. The molecule has 2 rings (SSSR count). The van der Waals surface area contributed by atoms with Gasteiger partial charge in [-0.3, -0.25) is 0 Å². The molecule has 2 heterocycles. The van der Waals surface area contributed by atoms with E-state index in [0.717, 1.165) is 5.65 Å². The highest BCUT2D eigenvalue weighted by molar-refractivity contribution is 5.42. The smallest absolute Gasteiger partial charge is 0.200 e. The normalized spacial score (nSPS) is 10.7. The largest absolute Gasteiger partial charge is 0.482 e. The topological polar surface area (TPSA) is 59.7 Å². The van der Waals surface area contributed by atoms with Gasteiger partial charge in [-0.1, -0.05) is 6.07 Å². The van der Waals surface area contributed by atoms with Gasteiger partial charge in [-0.05, 0) is 12.1 Å². The molecule has 0 atom stereocenters. The third-order valence-electron chi connectivity index (χ3n) is 2.00. The lowest BCUT2D eigenvalue weighted by Gasteiger charge is -2.04. The number of aromatic nitrogens is 3. The van der Waals surface area contributed by atoms with Crippen molar-refractivity contribution in [2.75, 3.05) is 13.7 Å². The lowest BCUT2D eigenvalue weighted by molar-refractivity contribution is 0.295. The van der Waals surface area contributed by atoms with Crippen LogP contribution < -0.4 is 4.74 Å². The monoisotopic (exact) mass is 193 g/mol. The van der Waals surface area contributed by atoms with Crippen LogP contribution in [0.1, 0.15) is 5.82 Å². The zero-order valence-electron chi connectivity index (χ0n) is 7.84. The van der Waals surface area contributed by atoms with E-state index < -0.39 is 0 Å². The van der Waals surface area contributed by atoms with Crippen molar-refractivity contribution < 1.29 is 9.84 Å². The molecule has 0 radical (unpaired) electrons. The Morgan fingerprint density at radius 1 is 1.43 bits per heavy atom. The number of hydrogen-bond donors (Lipinski definition) is 1. The number of methoxy groups -OCH3 is 1. The van der Waals surface area contributed by atoms with Gasteiger partial charge in [0.15, 0.2) is 5.65 Å². The van der Waals surface area contributed by atoms with Gasteiger partial charge in [-0.2, -0.15) is 0 Å². The highest BCUT2D eigenvalue weighted by Crippen LogP contribution is 2.14. The fourth-order valence-electron chi connectivity index (χ4n) is 1.39. The highest BCUT2D eigenvalue weighted by Gasteiger charge is 2.08. The van der Waals surface area contributed by atoms with Crippen LogP contribution in [0.25, 0.3) is 5.65 Å². The minimum absolute atomic E-state index is 0.0544. The van der Waals surface area contributed by atoms with Crippen LogP contribution in [0.3, 0.4) is 0 Å². The number of nitrogens with zero attached hydrogens (tertiary/aromatic N) is 3. The summed E-state index contributed by atoms with van der Waals surface area (Å²) in [5, 5.41) is 16.8. The predicted octanol–water partition coefficient (Wildman–Crippen LogP) is 0.273. The molecule has 0 saturated heterocycles. The molecule has 1 N–H and O–H groups in total. The van der Waals surface area contributed by atoms with Gasteiger partial charge in [-0.25, -0.2) is 4.40 Å². The molecule has 5 heteroatoms. The molecule has 0 amide bonds. The molecule has 0 aliphatic carbocycles. The SMILES string of the molecule is COc1cccc2nnc(CCO)n12. The van der Waals surface area contributed by atoms with Gasteiger partial charge in [0.25, 0.3) is 0 Å². The lowest BCUT2D eigenvalue weighted by atomic mass is 10.4. The Morgan fingerprint density at radius 3 is 3.00 bits per heavy atom. The molecule has 0 spiro atoms. The molecule has 5 nitrogen and oxygen atoms in total. The second kappa shape index (κ2) is 3.63. The Bertz CT molecular complexity index is 439. The molecule has 0 aromatic carbocycles. The fourth-order valence-corrected chi connectivity index (χ4v) is 1.39. The fraction of sp³-hybridized carbons (Fsp3) is 0.333. The number of ether oxygens (including phenoxy) is 1. The quantitative estimate of drug-likeness (QED) is 0.760. The third kappa shape index (κ3) is 1.31. The molecule has 0 aliphatic heterocycles. The van der Waals surface area contributed by atoms with Gasteiger partial charge in [0.2, 0.25) is 5.88 Å². The molecule has 2 aromatic rings. The average molecular weight is 193 g/mol. The van der Waals surface area contributed by atoms with Crippen molar-refractivity contribution in [3.63, 3.8) is 0 Å². The summed E-state index contributed by atoms with van der Waals surface area (Å²) in [5.74, 6) is 1.39. The van der Waals surface area contributed by atoms with Crippen molar-refractivity contribution in [2.45, 2.75) is 6.42 Å². The van der Waals surface area contributed by atoms with Crippen LogP contribution in [0, 0.1) is 0 Å². The number of hydrogen-bond acceptors (Lipinski definition) is 4. The van der Waals surface area contributed by atoms with Crippen molar-refractivity contribution in [1.29, 1.82) is 0 Å². The standard InChI is InChI=1S/C9H11N3O2/c1-14-9-4-2-3-7-10-11-8(5-6-13)12(7)9/h2-4,13H,5-6H2,1H3. The number of aliphatic hydroxyl groups excluding tert-OH is 1. The van der Waals surface area contributed by atoms with E-state index in [2.05, 4.69) is 10.2 Å². The van der Waals surface area contributed by atoms with Crippen molar-refractivity contribution in [2.24, 2.45) is 0 Å². The summed E-state index contributed by atoms with van der Waals surface area (Å²) < 4.78 is 6.96. The maximum absolute atomic E-state index is 8.84. The zero-order chi connectivity index (χ0) is 9.97. The van der Waals surface area contributed by atoms with Crippen molar-refractivity contribution in [3.8, 4) is 5.88 Å². The third-order valence-corrected chi connectivity index (χ3v) is 2.00. The van der Waals surface area contributed by atoms with Crippen molar-refractivity contribution >= 4 is 5.65 Å². The number of aliphatic hydroxyl groups is 1. The van der Waals surface area contributed by atoms with Crippen LogP contribution in [-0.4, -0.2) is 33.4 Å². The van der Waals surface area contributed by atoms with Crippen molar-refractivity contribution in [3.05, 3.63) is 24.0 Å². The van der Waals surface area contributed by atoms with Gasteiger partial charge in [-0.15, -0.1) is 10.2 Å². The van der Waals surface area contributed by atoms with E-state index in [1.165, 1.54) is 0 Å². The van der Waals surface area contributed by atoms with Crippen LogP contribution in [-0.2, 0) is 6.42 Å². The van der Waals surface area contributed by atoms with Gasteiger partial charge < -0.3 is 9.84 Å². The molecular formula is C9H11N3O2. The summed E-state index contributed by atoms with van der Waals surface area (Å²) in [6.07, 6.45) is 0.474. The van der Waals surface area contributed by atoms with E-state index in [-0.39, 0.29) is 6.61 Å². The van der Waals surface area contributed by atoms with Gasteiger partial charge in [0.05, 0.1) is 13.7 Å². The van der Waals surface area contributed by atoms with Gasteiger partial charge in [0, 0.05) is 6.42 Å². The Hall–Kier alpha value is -1.62. The Kier molecular flexibility index (Phi) is 2.32. The van der Waals surface area contributed by atoms with Crippen LogP contribution in [0.5, 0.6) is 5.88 Å². The van der Waals surface area contributed by atoms with E-state index in [4.69, 9.17) is 9.84 Å². The number of rotatable bonds is 3. The minimum Gasteiger partial charge on any atom is -0.482 e. The van der Waals surface area contributed by atoms with E-state index in [1.54, 1.807) is 11.5 Å². The maximum Gasteiger partial charge on any atom is 0.200 e. The Labute approximate surface area is 81.0 Å². The molecule has 2 aromatic heterocycles. The first-order valence-electron chi connectivity index (χ1n) is 4.34. The zero-order valence-corrected chi connectivity index (χ0v) is 7.84. The molecule has 14 heavy (non-hydrogen) atoms. The summed E-state index contributed by atoms with van der Waals surface area (Å²) in [5.41, 5.74) is 0.729. The van der Waals surface area contributed by atoms with Crippen LogP contribution in [0.15, 0.2) is 18.2 Å². The number of fused-ring (bicyclic) bond motifs is 1. The van der Waals surface area contributed by atoms with Crippen LogP contribution >= 0.6 is 0 Å². The predicted molar refractivity (Wildman–Crippen MR) is 50.3 cm³/mol. The Morgan fingerprint density at radius 2 is 2.29 bits per heavy atom. The summed E-state index contributed by atoms with van der Waals surface area (Å²) in [7, 11) is 1.59. The van der Waals surface area contributed by atoms with Crippen LogP contribution in [0.2, 0.25) is 0 Å². The first-order chi connectivity index (χ1) is 6.86. The van der Waals surface area contributed by atoms with E-state index >= 15 is 0 Å². The van der Waals surface area contributed by atoms with E-state index in [0.29, 0.717) is 18.1 Å². The number of pyridine rings is 1. The average Bonchev–Trinajstić information content (AvgIpc) is 2.62.